The molecule has 100 valence electrons. The lowest BCUT2D eigenvalue weighted by Crippen LogP contribution is -2.24. The van der Waals surface area contributed by atoms with Crippen LogP contribution in [0.1, 0.15) is 56.1 Å². The number of hydrogen-bond acceptors (Lipinski definition) is 4. The molecule has 0 heterocycles. The van der Waals surface area contributed by atoms with Crippen LogP contribution in [0.3, 0.4) is 0 Å². The second-order valence-electron chi connectivity index (χ2n) is 5.36. The first-order chi connectivity index (χ1) is 8.24. The minimum atomic E-state index is -0.526. The maximum atomic E-state index is 11.9. The van der Waals surface area contributed by atoms with E-state index in [2.05, 4.69) is 0 Å². The Morgan fingerprint density at radius 1 is 1.39 bits per heavy atom. The Morgan fingerprint density at radius 2 is 2.00 bits per heavy atom. The number of nitrogens with two attached hydrogens (primary N) is 2. The molecule has 1 rings (SSSR count). The summed E-state index contributed by atoms with van der Waals surface area (Å²) < 4.78 is 5.28. The zero-order chi connectivity index (χ0) is 13.9. The third-order valence-corrected chi connectivity index (χ3v) is 2.56. The van der Waals surface area contributed by atoms with Crippen molar-refractivity contribution in [3.8, 4) is 0 Å². The van der Waals surface area contributed by atoms with Crippen molar-refractivity contribution in [2.24, 2.45) is 5.73 Å². The summed E-state index contributed by atoms with van der Waals surface area (Å²) in [6, 6.07) is 5.19. The summed E-state index contributed by atoms with van der Waals surface area (Å²) in [5, 5.41) is 0. The monoisotopic (exact) mass is 250 g/mol. The van der Waals surface area contributed by atoms with Crippen LogP contribution >= 0.6 is 0 Å². The van der Waals surface area contributed by atoms with Gasteiger partial charge in [-0.2, -0.15) is 0 Å². The minimum Gasteiger partial charge on any atom is -0.456 e. The molecule has 0 aliphatic heterocycles. The fourth-order valence-electron chi connectivity index (χ4n) is 1.57. The van der Waals surface area contributed by atoms with Gasteiger partial charge in [-0.25, -0.2) is 4.79 Å². The van der Waals surface area contributed by atoms with Crippen LogP contribution in [0.2, 0.25) is 0 Å². The summed E-state index contributed by atoms with van der Waals surface area (Å²) in [6.45, 7) is 7.47. The average Bonchev–Trinajstić information content (AvgIpc) is 2.25. The van der Waals surface area contributed by atoms with Crippen LogP contribution in [-0.2, 0) is 4.74 Å². The lowest BCUT2D eigenvalue weighted by Gasteiger charge is -2.20. The van der Waals surface area contributed by atoms with Gasteiger partial charge in [0.1, 0.15) is 5.60 Å². The average molecular weight is 250 g/mol. The minimum absolute atomic E-state index is 0.0556. The molecule has 1 aromatic rings. The normalized spacial score (nSPS) is 13.2. The van der Waals surface area contributed by atoms with Crippen LogP contribution in [0.25, 0.3) is 0 Å². The van der Waals surface area contributed by atoms with Crippen molar-refractivity contribution in [1.29, 1.82) is 0 Å². The van der Waals surface area contributed by atoms with Gasteiger partial charge in [-0.05, 0) is 44.9 Å². The fourth-order valence-corrected chi connectivity index (χ4v) is 1.57. The molecular formula is C14H22N2O2. The number of carbonyl (C=O) groups is 1. The van der Waals surface area contributed by atoms with Gasteiger partial charge in [0.05, 0.1) is 5.56 Å². The zero-order valence-electron chi connectivity index (χ0n) is 11.5. The molecule has 0 fully saturated rings. The molecule has 0 bridgehead atoms. The second kappa shape index (κ2) is 5.40. The molecule has 0 radical (unpaired) electrons. The topological polar surface area (TPSA) is 78.3 Å². The van der Waals surface area contributed by atoms with E-state index in [0.717, 1.165) is 12.0 Å². The molecule has 0 saturated heterocycles. The van der Waals surface area contributed by atoms with Crippen LogP contribution in [0.15, 0.2) is 18.2 Å². The molecule has 0 aliphatic rings. The van der Waals surface area contributed by atoms with E-state index in [-0.39, 0.29) is 6.04 Å². The van der Waals surface area contributed by atoms with Gasteiger partial charge < -0.3 is 16.2 Å². The summed E-state index contributed by atoms with van der Waals surface area (Å²) in [5.74, 6) is -0.406. The Bertz CT molecular complexity index is 436. The van der Waals surface area contributed by atoms with Gasteiger partial charge >= 0.3 is 5.97 Å². The van der Waals surface area contributed by atoms with E-state index in [1.807, 2.05) is 33.8 Å². The number of hydrogen-bond donors (Lipinski definition) is 2. The lowest BCUT2D eigenvalue weighted by molar-refractivity contribution is 0.00708. The van der Waals surface area contributed by atoms with E-state index < -0.39 is 11.6 Å². The van der Waals surface area contributed by atoms with Gasteiger partial charge in [0.2, 0.25) is 0 Å². The summed E-state index contributed by atoms with van der Waals surface area (Å²) >= 11 is 0. The number of nitrogen functional groups attached to an aromatic ring is 1. The van der Waals surface area contributed by atoms with E-state index in [1.54, 1.807) is 12.1 Å². The van der Waals surface area contributed by atoms with Crippen LogP contribution in [-0.4, -0.2) is 11.6 Å². The summed E-state index contributed by atoms with van der Waals surface area (Å²) in [5.41, 5.74) is 13.0. The molecular weight excluding hydrogens is 228 g/mol. The van der Waals surface area contributed by atoms with Crippen molar-refractivity contribution in [2.75, 3.05) is 5.73 Å². The number of benzene rings is 1. The number of carbonyl (C=O) groups excluding carboxylic acids is 1. The van der Waals surface area contributed by atoms with E-state index in [0.29, 0.717) is 11.3 Å². The third kappa shape index (κ3) is 3.74. The third-order valence-electron chi connectivity index (χ3n) is 2.56. The summed E-state index contributed by atoms with van der Waals surface area (Å²) in [6.07, 6.45) is 0.825. The SMILES string of the molecule is CC[C@@H](N)c1ccc(C(=O)OC(C)(C)C)c(N)c1. The molecule has 0 saturated carbocycles. The molecule has 0 aliphatic carbocycles. The smallest absolute Gasteiger partial charge is 0.340 e. The van der Waals surface area contributed by atoms with E-state index >= 15 is 0 Å². The van der Waals surface area contributed by atoms with E-state index in [1.165, 1.54) is 0 Å². The Kier molecular flexibility index (Phi) is 4.35. The Morgan fingerprint density at radius 3 is 2.44 bits per heavy atom. The molecule has 0 spiro atoms. The van der Waals surface area contributed by atoms with Crippen molar-refractivity contribution in [3.05, 3.63) is 29.3 Å². The predicted octanol–water partition coefficient (Wildman–Crippen LogP) is 2.63. The van der Waals surface area contributed by atoms with Gasteiger partial charge in [-0.1, -0.05) is 13.0 Å². The fraction of sp³-hybridized carbons (Fsp3) is 0.500. The molecule has 0 unspecified atom stereocenters. The quantitative estimate of drug-likeness (QED) is 0.638. The Hall–Kier alpha value is -1.55. The summed E-state index contributed by atoms with van der Waals surface area (Å²) in [7, 11) is 0. The maximum Gasteiger partial charge on any atom is 0.340 e. The number of ether oxygens (including phenoxy) is 1. The molecule has 1 aromatic carbocycles. The van der Waals surface area contributed by atoms with Crippen molar-refractivity contribution in [3.63, 3.8) is 0 Å². The largest absolute Gasteiger partial charge is 0.456 e. The number of esters is 1. The van der Waals surface area contributed by atoms with Crippen molar-refractivity contribution in [2.45, 2.75) is 45.8 Å². The Balaban J connectivity index is 2.96. The highest BCUT2D eigenvalue weighted by atomic mass is 16.6. The molecule has 0 aromatic heterocycles. The number of anilines is 1. The maximum absolute atomic E-state index is 11.9. The van der Waals surface area contributed by atoms with Gasteiger partial charge in [0.25, 0.3) is 0 Å². The highest BCUT2D eigenvalue weighted by Gasteiger charge is 2.20. The molecule has 4 N–H and O–H groups in total. The molecule has 0 amide bonds. The highest BCUT2D eigenvalue weighted by molar-refractivity contribution is 5.95. The first kappa shape index (κ1) is 14.5. The predicted molar refractivity (Wildman–Crippen MR) is 73.2 cm³/mol. The van der Waals surface area contributed by atoms with Crippen molar-refractivity contribution in [1.82, 2.24) is 0 Å². The van der Waals surface area contributed by atoms with Crippen LogP contribution in [0.5, 0.6) is 0 Å². The lowest BCUT2D eigenvalue weighted by atomic mass is 10.0. The van der Waals surface area contributed by atoms with Gasteiger partial charge in [-0.3, -0.25) is 0 Å². The second-order valence-corrected chi connectivity index (χ2v) is 5.36. The van der Waals surface area contributed by atoms with Crippen LogP contribution in [0.4, 0.5) is 5.69 Å². The molecule has 18 heavy (non-hydrogen) atoms. The molecule has 4 heteroatoms. The molecule has 4 nitrogen and oxygen atoms in total. The standard InChI is InChI=1S/C14H22N2O2/c1-5-11(15)9-6-7-10(12(16)8-9)13(17)18-14(2,3)4/h6-8,11H,5,15-16H2,1-4H3/t11-/m1/s1. The van der Waals surface area contributed by atoms with E-state index in [4.69, 9.17) is 16.2 Å². The first-order valence-electron chi connectivity index (χ1n) is 6.13. The van der Waals surface area contributed by atoms with Crippen LogP contribution in [0, 0.1) is 0 Å². The highest BCUT2D eigenvalue weighted by Crippen LogP contribution is 2.22. The molecule has 1 atom stereocenters. The van der Waals surface area contributed by atoms with E-state index in [9.17, 15) is 4.79 Å². The number of rotatable bonds is 3. The van der Waals surface area contributed by atoms with Gasteiger partial charge in [0.15, 0.2) is 0 Å². The van der Waals surface area contributed by atoms with Gasteiger partial charge in [-0.15, -0.1) is 0 Å². The van der Waals surface area contributed by atoms with Crippen molar-refractivity contribution >= 4 is 11.7 Å². The first-order valence-corrected chi connectivity index (χ1v) is 6.13. The Labute approximate surface area is 108 Å². The van der Waals surface area contributed by atoms with Crippen molar-refractivity contribution < 1.29 is 9.53 Å². The van der Waals surface area contributed by atoms with Gasteiger partial charge in [0, 0.05) is 11.7 Å². The summed E-state index contributed by atoms with van der Waals surface area (Å²) in [4.78, 5) is 11.9. The zero-order valence-corrected chi connectivity index (χ0v) is 11.5. The van der Waals surface area contributed by atoms with Crippen LogP contribution < -0.4 is 11.5 Å².